The second kappa shape index (κ2) is 6.11. The number of hydrogen-bond donors (Lipinski definition) is 1. The standard InChI is InChI=1S/C12H22O3/c1-3-10-5-9(6-11(10)8-13)7-12(14)15-4-2/h9-11,13H,3-8H2,1-2H3/t9?,10-,11-/m1/s1. The van der Waals surface area contributed by atoms with Gasteiger partial charge in [-0.05, 0) is 37.5 Å². The molecule has 1 aliphatic rings. The van der Waals surface area contributed by atoms with Crippen LogP contribution in [0.4, 0.5) is 0 Å². The molecule has 0 spiro atoms. The molecular formula is C12H22O3. The number of carbonyl (C=O) groups excluding carboxylic acids is 1. The molecule has 0 bridgehead atoms. The van der Waals surface area contributed by atoms with Crippen LogP contribution in [0.25, 0.3) is 0 Å². The summed E-state index contributed by atoms with van der Waals surface area (Å²) >= 11 is 0. The summed E-state index contributed by atoms with van der Waals surface area (Å²) in [5, 5.41) is 9.21. The molecule has 3 atom stereocenters. The smallest absolute Gasteiger partial charge is 0.306 e. The predicted molar refractivity (Wildman–Crippen MR) is 58.3 cm³/mol. The first-order valence-electron chi connectivity index (χ1n) is 5.97. The lowest BCUT2D eigenvalue weighted by Crippen LogP contribution is -2.11. The number of rotatable bonds is 5. The predicted octanol–water partition coefficient (Wildman–Crippen LogP) is 1.98. The molecular weight excluding hydrogens is 192 g/mol. The van der Waals surface area contributed by atoms with Crippen molar-refractivity contribution in [1.82, 2.24) is 0 Å². The Morgan fingerprint density at radius 2 is 2.00 bits per heavy atom. The molecule has 1 unspecified atom stereocenters. The molecule has 1 rings (SSSR count). The molecule has 3 nitrogen and oxygen atoms in total. The largest absolute Gasteiger partial charge is 0.466 e. The highest BCUT2D eigenvalue weighted by Gasteiger charge is 2.33. The van der Waals surface area contributed by atoms with Gasteiger partial charge in [0.2, 0.25) is 0 Å². The Hall–Kier alpha value is -0.570. The fourth-order valence-electron chi connectivity index (χ4n) is 2.68. The van der Waals surface area contributed by atoms with E-state index in [4.69, 9.17) is 4.74 Å². The molecule has 88 valence electrons. The molecule has 0 saturated heterocycles. The Morgan fingerprint density at radius 3 is 2.47 bits per heavy atom. The van der Waals surface area contributed by atoms with E-state index in [9.17, 15) is 9.90 Å². The van der Waals surface area contributed by atoms with E-state index >= 15 is 0 Å². The van der Waals surface area contributed by atoms with Crippen LogP contribution in [0.3, 0.4) is 0 Å². The number of aliphatic hydroxyl groups is 1. The second-order valence-electron chi connectivity index (χ2n) is 4.46. The van der Waals surface area contributed by atoms with E-state index in [-0.39, 0.29) is 12.6 Å². The van der Waals surface area contributed by atoms with Crippen LogP contribution in [0.1, 0.15) is 39.5 Å². The van der Waals surface area contributed by atoms with Crippen LogP contribution >= 0.6 is 0 Å². The zero-order valence-corrected chi connectivity index (χ0v) is 9.74. The van der Waals surface area contributed by atoms with Crippen LogP contribution in [-0.4, -0.2) is 24.3 Å². The lowest BCUT2D eigenvalue weighted by atomic mass is 9.95. The van der Waals surface area contributed by atoms with Crippen molar-refractivity contribution in [3.8, 4) is 0 Å². The Kier molecular flexibility index (Phi) is 5.09. The summed E-state index contributed by atoms with van der Waals surface area (Å²) < 4.78 is 4.94. The zero-order chi connectivity index (χ0) is 11.3. The number of esters is 1. The molecule has 3 heteroatoms. The molecule has 1 aliphatic carbocycles. The maximum Gasteiger partial charge on any atom is 0.306 e. The average Bonchev–Trinajstić information content (AvgIpc) is 2.60. The van der Waals surface area contributed by atoms with Gasteiger partial charge >= 0.3 is 5.97 Å². The minimum atomic E-state index is -0.0871. The number of hydrogen-bond acceptors (Lipinski definition) is 3. The summed E-state index contributed by atoms with van der Waals surface area (Å²) in [6.07, 6.45) is 3.68. The Labute approximate surface area is 91.8 Å². The topological polar surface area (TPSA) is 46.5 Å². The summed E-state index contributed by atoms with van der Waals surface area (Å²) in [5.41, 5.74) is 0. The molecule has 0 radical (unpaired) electrons. The van der Waals surface area contributed by atoms with Crippen molar-refractivity contribution in [1.29, 1.82) is 0 Å². The quantitative estimate of drug-likeness (QED) is 0.712. The van der Waals surface area contributed by atoms with Crippen molar-refractivity contribution in [2.45, 2.75) is 39.5 Å². The first-order chi connectivity index (χ1) is 7.21. The van der Waals surface area contributed by atoms with Crippen molar-refractivity contribution in [2.75, 3.05) is 13.2 Å². The third-order valence-electron chi connectivity index (χ3n) is 3.46. The molecule has 1 fully saturated rings. The maximum atomic E-state index is 11.3. The highest BCUT2D eigenvalue weighted by Crippen LogP contribution is 2.39. The van der Waals surface area contributed by atoms with E-state index in [0.717, 1.165) is 19.3 Å². The van der Waals surface area contributed by atoms with Crippen LogP contribution in [0, 0.1) is 17.8 Å². The van der Waals surface area contributed by atoms with Gasteiger partial charge in [0.15, 0.2) is 0 Å². The van der Waals surface area contributed by atoms with E-state index < -0.39 is 0 Å². The summed E-state index contributed by atoms with van der Waals surface area (Å²) in [6, 6.07) is 0. The highest BCUT2D eigenvalue weighted by molar-refractivity contribution is 5.69. The van der Waals surface area contributed by atoms with E-state index in [1.165, 1.54) is 0 Å². The van der Waals surface area contributed by atoms with E-state index in [1.54, 1.807) is 0 Å². The lowest BCUT2D eigenvalue weighted by molar-refractivity contribution is -0.144. The van der Waals surface area contributed by atoms with E-state index in [2.05, 4.69) is 6.92 Å². The molecule has 0 heterocycles. The van der Waals surface area contributed by atoms with Crippen molar-refractivity contribution in [3.05, 3.63) is 0 Å². The molecule has 0 amide bonds. The van der Waals surface area contributed by atoms with Gasteiger partial charge < -0.3 is 9.84 Å². The van der Waals surface area contributed by atoms with Gasteiger partial charge in [0.1, 0.15) is 0 Å². The molecule has 0 aliphatic heterocycles. The number of carbonyl (C=O) groups is 1. The third kappa shape index (κ3) is 3.49. The van der Waals surface area contributed by atoms with Gasteiger partial charge in [0.05, 0.1) is 6.61 Å². The summed E-state index contributed by atoms with van der Waals surface area (Å²) in [4.78, 5) is 11.3. The fraction of sp³-hybridized carbons (Fsp3) is 0.917. The van der Waals surface area contributed by atoms with E-state index in [1.807, 2.05) is 6.92 Å². The van der Waals surface area contributed by atoms with Gasteiger partial charge in [0.25, 0.3) is 0 Å². The van der Waals surface area contributed by atoms with E-state index in [0.29, 0.717) is 30.8 Å². The van der Waals surface area contributed by atoms with Crippen LogP contribution in [0.2, 0.25) is 0 Å². The second-order valence-corrected chi connectivity index (χ2v) is 4.46. The monoisotopic (exact) mass is 214 g/mol. The average molecular weight is 214 g/mol. The molecule has 1 N–H and O–H groups in total. The minimum absolute atomic E-state index is 0.0871. The first-order valence-corrected chi connectivity index (χ1v) is 5.97. The van der Waals surface area contributed by atoms with Gasteiger partial charge in [-0.25, -0.2) is 0 Å². The van der Waals surface area contributed by atoms with Crippen molar-refractivity contribution < 1.29 is 14.6 Å². The molecule has 0 aromatic carbocycles. The molecule has 1 saturated carbocycles. The number of aliphatic hydroxyl groups excluding tert-OH is 1. The van der Waals surface area contributed by atoms with Crippen LogP contribution in [-0.2, 0) is 9.53 Å². The van der Waals surface area contributed by atoms with Gasteiger partial charge in [-0.2, -0.15) is 0 Å². The van der Waals surface area contributed by atoms with Crippen molar-refractivity contribution in [2.24, 2.45) is 17.8 Å². The Morgan fingerprint density at radius 1 is 1.33 bits per heavy atom. The summed E-state index contributed by atoms with van der Waals surface area (Å²) in [6.45, 7) is 4.71. The normalized spacial score (nSPS) is 30.5. The third-order valence-corrected chi connectivity index (χ3v) is 3.46. The lowest BCUT2D eigenvalue weighted by Gasteiger charge is -2.13. The Balaban J connectivity index is 2.36. The minimum Gasteiger partial charge on any atom is -0.466 e. The fourth-order valence-corrected chi connectivity index (χ4v) is 2.68. The highest BCUT2D eigenvalue weighted by atomic mass is 16.5. The maximum absolute atomic E-state index is 11.3. The van der Waals surface area contributed by atoms with Gasteiger partial charge in [0, 0.05) is 13.0 Å². The van der Waals surface area contributed by atoms with Gasteiger partial charge in [-0.15, -0.1) is 0 Å². The van der Waals surface area contributed by atoms with Crippen LogP contribution in [0.15, 0.2) is 0 Å². The SMILES string of the molecule is CCOC(=O)CC1C[C@@H](CC)[C@@H](CO)C1. The molecule has 15 heavy (non-hydrogen) atoms. The number of ether oxygens (including phenoxy) is 1. The van der Waals surface area contributed by atoms with Crippen molar-refractivity contribution in [3.63, 3.8) is 0 Å². The summed E-state index contributed by atoms with van der Waals surface area (Å²) in [7, 11) is 0. The van der Waals surface area contributed by atoms with Crippen molar-refractivity contribution >= 4 is 5.97 Å². The molecule has 0 aromatic rings. The summed E-state index contributed by atoms with van der Waals surface area (Å²) in [5.74, 6) is 1.32. The van der Waals surface area contributed by atoms with Gasteiger partial charge in [-0.3, -0.25) is 4.79 Å². The van der Waals surface area contributed by atoms with Gasteiger partial charge in [-0.1, -0.05) is 13.3 Å². The van der Waals surface area contributed by atoms with Crippen LogP contribution < -0.4 is 0 Å². The zero-order valence-electron chi connectivity index (χ0n) is 9.74. The molecule has 0 aromatic heterocycles. The first kappa shape index (κ1) is 12.5. The van der Waals surface area contributed by atoms with Crippen LogP contribution in [0.5, 0.6) is 0 Å². The Bertz CT molecular complexity index is 191.